The first-order valence-electron chi connectivity index (χ1n) is 8.23. The molecule has 124 valence electrons. The molecular weight excluding hydrogens is 300 g/mol. The predicted octanol–water partition coefficient (Wildman–Crippen LogP) is 4.76. The number of aromatic hydroxyl groups is 1. The molecule has 0 saturated heterocycles. The van der Waals surface area contributed by atoms with E-state index in [1.165, 1.54) is 5.56 Å². The average molecular weight is 322 g/mol. The fourth-order valence-corrected chi connectivity index (χ4v) is 2.63. The second-order valence-corrected chi connectivity index (χ2v) is 5.82. The summed E-state index contributed by atoms with van der Waals surface area (Å²) in [7, 11) is 1.56. The summed E-state index contributed by atoms with van der Waals surface area (Å²) in [6, 6.07) is 15.9. The fraction of sp³-hybridized carbons (Fsp3) is 0.238. The first-order valence-corrected chi connectivity index (χ1v) is 8.23. The number of benzene rings is 2. The van der Waals surface area contributed by atoms with Gasteiger partial charge in [0.1, 0.15) is 5.76 Å². The van der Waals surface area contributed by atoms with E-state index in [1.54, 1.807) is 13.2 Å². The summed E-state index contributed by atoms with van der Waals surface area (Å²) in [5.74, 6) is 2.81. The number of allylic oxidation sites excluding steroid dienone is 3. The lowest BCUT2D eigenvalue weighted by atomic mass is 10.1. The first-order chi connectivity index (χ1) is 11.8. The minimum absolute atomic E-state index is 0.177. The maximum atomic E-state index is 9.59. The van der Waals surface area contributed by atoms with E-state index < -0.39 is 0 Å². The fourth-order valence-electron chi connectivity index (χ4n) is 2.63. The van der Waals surface area contributed by atoms with Gasteiger partial charge in [0.05, 0.1) is 7.11 Å². The second kappa shape index (κ2) is 7.73. The molecule has 0 aromatic heterocycles. The molecule has 0 fully saturated rings. The highest BCUT2D eigenvalue weighted by Crippen LogP contribution is 2.31. The number of phenolic OH excluding ortho intramolecular Hbond substituents is 1. The van der Waals surface area contributed by atoms with Crippen LogP contribution in [0.4, 0.5) is 0 Å². The van der Waals surface area contributed by atoms with Crippen LogP contribution in [0.3, 0.4) is 0 Å². The van der Waals surface area contributed by atoms with Crippen LogP contribution in [-0.2, 0) is 17.6 Å². The number of aryl methyl sites for hydroxylation is 2. The van der Waals surface area contributed by atoms with E-state index in [2.05, 4.69) is 36.4 Å². The van der Waals surface area contributed by atoms with Crippen molar-refractivity contribution in [1.82, 2.24) is 0 Å². The van der Waals surface area contributed by atoms with Crippen molar-refractivity contribution in [3.05, 3.63) is 83.3 Å². The van der Waals surface area contributed by atoms with Crippen molar-refractivity contribution in [2.45, 2.75) is 25.7 Å². The van der Waals surface area contributed by atoms with Gasteiger partial charge in [0.2, 0.25) is 0 Å². The molecule has 0 aliphatic carbocycles. The molecule has 0 bridgehead atoms. The summed E-state index contributed by atoms with van der Waals surface area (Å²) >= 11 is 0. The molecule has 3 rings (SSSR count). The summed E-state index contributed by atoms with van der Waals surface area (Å²) in [5, 5.41) is 9.59. The topological polar surface area (TPSA) is 42.0 Å². The highest BCUT2D eigenvalue weighted by molar-refractivity contribution is 5.41. The van der Waals surface area contributed by atoms with Gasteiger partial charge in [-0.15, -0.1) is 0 Å². The summed E-state index contributed by atoms with van der Waals surface area (Å²) in [6.07, 6.45) is 7.98. The summed E-state index contributed by atoms with van der Waals surface area (Å²) < 4.78 is 10.7. The molecule has 1 N–H and O–H groups in total. The van der Waals surface area contributed by atoms with Crippen molar-refractivity contribution in [1.29, 1.82) is 0 Å². The maximum Gasteiger partial charge on any atom is 0.165 e. The number of hydrogen-bond donors (Lipinski definition) is 1. The molecule has 0 atom stereocenters. The molecule has 2 aromatic carbocycles. The maximum absolute atomic E-state index is 9.59. The second-order valence-electron chi connectivity index (χ2n) is 5.82. The lowest BCUT2D eigenvalue weighted by Crippen LogP contribution is -1.88. The molecule has 24 heavy (non-hydrogen) atoms. The Balaban J connectivity index is 1.43. The Morgan fingerprint density at radius 3 is 2.62 bits per heavy atom. The van der Waals surface area contributed by atoms with Crippen LogP contribution in [-0.4, -0.2) is 12.2 Å². The molecule has 3 nitrogen and oxygen atoms in total. The number of methoxy groups -OCH3 is 1. The van der Waals surface area contributed by atoms with Crippen molar-refractivity contribution in [2.24, 2.45) is 0 Å². The standard InChI is InChI=1S/C21H22O3/c1-23-21-15-17(11-13-18(21)22)9-5-6-10-19-20(24-19)14-12-16-7-3-2-4-8-16/h2-4,6-8,10-11,13,15,22H,5,9,12,14H2,1H3. The minimum atomic E-state index is 0.177. The Bertz CT molecular complexity index is 745. The molecule has 0 radical (unpaired) electrons. The van der Waals surface area contributed by atoms with Crippen LogP contribution in [0.25, 0.3) is 0 Å². The van der Waals surface area contributed by atoms with Crippen LogP contribution in [0, 0.1) is 0 Å². The van der Waals surface area contributed by atoms with E-state index in [0.717, 1.165) is 42.8 Å². The largest absolute Gasteiger partial charge is 0.504 e. The smallest absolute Gasteiger partial charge is 0.165 e. The van der Waals surface area contributed by atoms with Crippen molar-refractivity contribution in [3.63, 3.8) is 0 Å². The zero-order chi connectivity index (χ0) is 16.8. The van der Waals surface area contributed by atoms with E-state index in [1.807, 2.05) is 18.2 Å². The van der Waals surface area contributed by atoms with Gasteiger partial charge in [-0.2, -0.15) is 0 Å². The number of phenols is 1. The van der Waals surface area contributed by atoms with Gasteiger partial charge in [-0.05, 0) is 48.6 Å². The normalized spacial score (nSPS) is 13.2. The van der Waals surface area contributed by atoms with Gasteiger partial charge in [0, 0.05) is 6.42 Å². The molecule has 3 heteroatoms. The molecule has 0 spiro atoms. The van der Waals surface area contributed by atoms with Gasteiger partial charge < -0.3 is 14.6 Å². The summed E-state index contributed by atoms with van der Waals surface area (Å²) in [4.78, 5) is 0. The predicted molar refractivity (Wildman–Crippen MR) is 95.0 cm³/mol. The van der Waals surface area contributed by atoms with Gasteiger partial charge in [-0.3, -0.25) is 0 Å². The SMILES string of the molecule is COc1cc(CCC=CC2=C(CCc3ccccc3)O2)ccc1O. The summed E-state index contributed by atoms with van der Waals surface area (Å²) in [6.45, 7) is 0. The van der Waals surface area contributed by atoms with E-state index >= 15 is 0 Å². The average Bonchev–Trinajstić information content (AvgIpc) is 3.37. The summed E-state index contributed by atoms with van der Waals surface area (Å²) in [5.41, 5.74) is 2.48. The molecule has 0 saturated carbocycles. The molecule has 2 aromatic rings. The lowest BCUT2D eigenvalue weighted by Gasteiger charge is -2.05. The third kappa shape index (κ3) is 4.42. The van der Waals surface area contributed by atoms with Crippen LogP contribution in [0.5, 0.6) is 11.5 Å². The van der Waals surface area contributed by atoms with Crippen molar-refractivity contribution >= 4 is 0 Å². The van der Waals surface area contributed by atoms with Crippen LogP contribution in [0.2, 0.25) is 0 Å². The van der Waals surface area contributed by atoms with Crippen molar-refractivity contribution in [3.8, 4) is 11.5 Å². The molecule has 0 amide bonds. The Kier molecular flexibility index (Phi) is 5.22. The Morgan fingerprint density at radius 1 is 1.00 bits per heavy atom. The van der Waals surface area contributed by atoms with E-state index in [4.69, 9.17) is 9.47 Å². The van der Waals surface area contributed by atoms with E-state index in [0.29, 0.717) is 5.75 Å². The third-order valence-corrected chi connectivity index (χ3v) is 4.06. The third-order valence-electron chi connectivity index (χ3n) is 4.06. The van der Waals surface area contributed by atoms with Crippen molar-refractivity contribution in [2.75, 3.05) is 7.11 Å². The minimum Gasteiger partial charge on any atom is -0.504 e. The van der Waals surface area contributed by atoms with Gasteiger partial charge in [0.25, 0.3) is 0 Å². The highest BCUT2D eigenvalue weighted by atomic mass is 16.6. The van der Waals surface area contributed by atoms with Gasteiger partial charge in [-0.25, -0.2) is 0 Å². The Labute approximate surface area is 142 Å². The van der Waals surface area contributed by atoms with Crippen molar-refractivity contribution < 1.29 is 14.6 Å². The molecular formula is C21H22O3. The zero-order valence-corrected chi connectivity index (χ0v) is 13.9. The van der Waals surface area contributed by atoms with Crippen LogP contribution in [0.1, 0.15) is 24.0 Å². The Hall–Kier alpha value is -2.68. The molecule has 1 aliphatic rings. The lowest BCUT2D eigenvalue weighted by molar-refractivity contribution is 0.373. The quantitative estimate of drug-likeness (QED) is 0.761. The molecule has 0 unspecified atom stereocenters. The number of rotatable bonds is 8. The van der Waals surface area contributed by atoms with E-state index in [9.17, 15) is 5.11 Å². The van der Waals surface area contributed by atoms with E-state index in [-0.39, 0.29) is 5.75 Å². The Morgan fingerprint density at radius 2 is 1.83 bits per heavy atom. The van der Waals surface area contributed by atoms with Gasteiger partial charge >= 0.3 is 0 Å². The van der Waals surface area contributed by atoms with Gasteiger partial charge in [0.15, 0.2) is 17.3 Å². The molecule has 1 aliphatic heterocycles. The highest BCUT2D eigenvalue weighted by Gasteiger charge is 2.21. The number of ether oxygens (including phenoxy) is 2. The van der Waals surface area contributed by atoms with Crippen LogP contribution < -0.4 is 4.74 Å². The van der Waals surface area contributed by atoms with Crippen LogP contribution in [0.15, 0.2) is 72.2 Å². The number of hydrogen-bond acceptors (Lipinski definition) is 3. The zero-order valence-electron chi connectivity index (χ0n) is 13.9. The van der Waals surface area contributed by atoms with Gasteiger partial charge in [-0.1, -0.05) is 42.5 Å². The monoisotopic (exact) mass is 322 g/mol. The first kappa shape index (κ1) is 16.2. The molecule has 1 heterocycles. The van der Waals surface area contributed by atoms with Crippen LogP contribution >= 0.6 is 0 Å².